The van der Waals surface area contributed by atoms with Crippen molar-refractivity contribution in [3.8, 4) is 55.8 Å². The van der Waals surface area contributed by atoms with E-state index in [2.05, 4.69) is 0 Å². The number of benzene rings is 8. The molecule has 0 saturated heterocycles. The fourth-order valence-electron chi connectivity index (χ4n) is 5.75. The molecule has 0 unspecified atom stereocenters. The maximum atomic E-state index is 9.55. The number of rotatable bonds is 5. The Morgan fingerprint density at radius 2 is 0.851 bits per heavy atom. The van der Waals surface area contributed by atoms with Crippen LogP contribution in [0, 0.1) is 0 Å². The first kappa shape index (κ1) is 12.9. The zero-order valence-corrected chi connectivity index (χ0v) is 24.0. The van der Waals surface area contributed by atoms with Gasteiger partial charge in [-0.05, 0) is 67.1 Å². The van der Waals surface area contributed by atoms with Crippen LogP contribution in [0.3, 0.4) is 0 Å². The fourth-order valence-corrected chi connectivity index (χ4v) is 5.75. The van der Waals surface area contributed by atoms with Gasteiger partial charge in [-0.3, -0.25) is 0 Å². The fraction of sp³-hybridized carbons (Fsp3) is 0. The highest BCUT2D eigenvalue weighted by Crippen LogP contribution is 2.50. The third-order valence-electron chi connectivity index (χ3n) is 7.77. The van der Waals surface area contributed by atoms with Crippen LogP contribution in [0.15, 0.2) is 186 Å². The van der Waals surface area contributed by atoms with Crippen molar-refractivity contribution in [3.05, 3.63) is 181 Å². The van der Waals surface area contributed by atoms with E-state index in [1.807, 2.05) is 0 Å². The summed E-state index contributed by atoms with van der Waals surface area (Å²) in [5.41, 5.74) is -2.85. The van der Waals surface area contributed by atoms with Crippen LogP contribution < -0.4 is 0 Å². The molecule has 0 saturated carbocycles. The molecule has 9 aromatic rings. The normalized spacial score (nSPS) is 18.0. The molecule has 8 aromatic carbocycles. The van der Waals surface area contributed by atoms with E-state index in [0.717, 1.165) is 0 Å². The summed E-state index contributed by atoms with van der Waals surface area (Å²) in [5.74, 6) is -0.516. The lowest BCUT2D eigenvalue weighted by atomic mass is 9.84. The molecule has 1 nitrogen and oxygen atoms in total. The van der Waals surface area contributed by atoms with Crippen LogP contribution in [0.1, 0.15) is 30.2 Å². The number of hydrogen-bond acceptors (Lipinski definition) is 1. The molecule has 0 atom stereocenters. The van der Waals surface area contributed by atoms with Gasteiger partial charge in [0.25, 0.3) is 0 Å². The van der Waals surface area contributed by atoms with Gasteiger partial charge >= 0.3 is 0 Å². The van der Waals surface area contributed by atoms with Crippen LogP contribution in [-0.4, -0.2) is 0 Å². The first-order valence-electron chi connectivity index (χ1n) is 25.3. The molecule has 0 amide bonds. The number of hydrogen-bond donors (Lipinski definition) is 0. The average molecular weight is 621 g/mol. The second kappa shape index (κ2) is 11.3. The molecule has 0 aliphatic heterocycles. The predicted molar refractivity (Wildman–Crippen MR) is 198 cm³/mol. The third kappa shape index (κ3) is 4.64. The molecule has 0 N–H and O–H groups in total. The lowest BCUT2D eigenvalue weighted by Crippen LogP contribution is -1.91. The van der Waals surface area contributed by atoms with Crippen molar-refractivity contribution >= 4 is 32.5 Å². The molecule has 9 rings (SSSR count). The molecular formula is C46H30O. The minimum atomic E-state index is -0.885. The molecule has 220 valence electrons. The third-order valence-corrected chi connectivity index (χ3v) is 7.77. The zero-order chi connectivity index (χ0) is 50.3. The van der Waals surface area contributed by atoms with E-state index in [-0.39, 0.29) is 33.2 Å². The van der Waals surface area contributed by atoms with Crippen LogP contribution >= 0.6 is 0 Å². The SMILES string of the molecule is [2H]c1c([2H])c([2H])c(-c2ccc3oc(-c4c([2H])c([2H])c(-c5ccccc5)c([2H])c4[2H])c(-c4c5c([2H])c([2H])c([2H])c([2H])c5c(-c5c([2H])c([2H])c([2H])c([2H])c5[2H])c5c([2H])c([2H])c([2H])c([2H])c45)c3c2)c([2H])c1[2H]. The summed E-state index contributed by atoms with van der Waals surface area (Å²) in [6, 6.07) is -5.00. The van der Waals surface area contributed by atoms with Crippen molar-refractivity contribution in [2.45, 2.75) is 0 Å². The Balaban J connectivity index is 1.62. The summed E-state index contributed by atoms with van der Waals surface area (Å²) >= 11 is 0. The first-order chi connectivity index (χ1) is 32.5. The highest BCUT2D eigenvalue weighted by Gasteiger charge is 2.24. The second-order valence-electron chi connectivity index (χ2n) is 10.4. The van der Waals surface area contributed by atoms with Gasteiger partial charge in [-0.15, -0.1) is 0 Å². The van der Waals surface area contributed by atoms with Crippen molar-refractivity contribution in [3.63, 3.8) is 0 Å². The van der Waals surface area contributed by atoms with Gasteiger partial charge in [0, 0.05) is 22.1 Å². The smallest absolute Gasteiger partial charge is 0.143 e. The van der Waals surface area contributed by atoms with Gasteiger partial charge in [0.1, 0.15) is 11.3 Å². The lowest BCUT2D eigenvalue weighted by Gasteiger charge is -2.18. The molecule has 1 heterocycles. The molecular weight excluding hydrogens is 569 g/mol. The molecule has 1 aromatic heterocycles. The van der Waals surface area contributed by atoms with E-state index in [4.69, 9.17) is 23.6 Å². The maximum Gasteiger partial charge on any atom is 0.143 e. The van der Waals surface area contributed by atoms with Crippen LogP contribution in [0.2, 0.25) is 0 Å². The van der Waals surface area contributed by atoms with Crippen molar-refractivity contribution in [1.29, 1.82) is 0 Å². The minimum absolute atomic E-state index is 0.0414. The van der Waals surface area contributed by atoms with Gasteiger partial charge < -0.3 is 4.42 Å². The van der Waals surface area contributed by atoms with Gasteiger partial charge in [0.15, 0.2) is 0 Å². The monoisotopic (exact) mass is 620 g/mol. The standard InChI is InChI=1S/C46H30O/c1-4-14-31(15-5-1)33-24-26-35(27-25-33)46-45(41-30-36(28-29-42(41)47-46)32-16-6-2-7-17-32)44-39-22-12-10-20-37(39)43(34-18-8-3-9-19-34)38-21-11-13-23-40(38)44/h1-30H/i2D,3D,6D,7D,8D,9D,10D,11D,12D,13D,16D,17D,18D,19D,20D,21D,22D,23D,24D,25D,26D,27D. The molecule has 0 bridgehead atoms. The predicted octanol–water partition coefficient (Wildman–Crippen LogP) is 13.1. The van der Waals surface area contributed by atoms with E-state index in [1.54, 1.807) is 30.3 Å². The van der Waals surface area contributed by atoms with Gasteiger partial charge in [0.05, 0.1) is 30.2 Å². The van der Waals surface area contributed by atoms with Gasteiger partial charge in [-0.1, -0.05) is 169 Å². The Hall–Kier alpha value is -6.18. The van der Waals surface area contributed by atoms with Crippen molar-refractivity contribution in [1.82, 2.24) is 0 Å². The van der Waals surface area contributed by atoms with Crippen LogP contribution in [0.4, 0.5) is 0 Å². The summed E-state index contributed by atoms with van der Waals surface area (Å²) in [7, 11) is 0. The van der Waals surface area contributed by atoms with E-state index in [9.17, 15) is 11.0 Å². The van der Waals surface area contributed by atoms with Crippen molar-refractivity contribution in [2.24, 2.45) is 0 Å². The summed E-state index contributed by atoms with van der Waals surface area (Å²) in [4.78, 5) is 0. The Morgan fingerprint density at radius 1 is 0.340 bits per heavy atom. The highest BCUT2D eigenvalue weighted by molar-refractivity contribution is 6.25. The molecule has 0 aliphatic carbocycles. The summed E-state index contributed by atoms with van der Waals surface area (Å²) < 4.78 is 204. The van der Waals surface area contributed by atoms with E-state index in [0.29, 0.717) is 5.56 Å². The molecule has 47 heavy (non-hydrogen) atoms. The molecule has 0 aliphatic rings. The Kier molecular flexibility index (Phi) is 3.11. The van der Waals surface area contributed by atoms with Crippen LogP contribution in [0.25, 0.3) is 88.3 Å². The highest BCUT2D eigenvalue weighted by atomic mass is 16.3. The maximum absolute atomic E-state index is 9.55. The summed E-state index contributed by atoms with van der Waals surface area (Å²) in [6.45, 7) is 0. The topological polar surface area (TPSA) is 13.1 Å². The Morgan fingerprint density at radius 3 is 1.47 bits per heavy atom. The quantitative estimate of drug-likeness (QED) is 0.174. The first-order valence-corrected chi connectivity index (χ1v) is 14.3. The number of furan rings is 1. The van der Waals surface area contributed by atoms with Gasteiger partial charge in [0.2, 0.25) is 0 Å². The van der Waals surface area contributed by atoms with Crippen LogP contribution in [0.5, 0.6) is 0 Å². The zero-order valence-electron chi connectivity index (χ0n) is 46.0. The molecule has 0 spiro atoms. The Labute approximate surface area is 304 Å². The minimum Gasteiger partial charge on any atom is -0.455 e. The molecule has 1 heteroatoms. The lowest BCUT2D eigenvalue weighted by molar-refractivity contribution is 0.632. The van der Waals surface area contributed by atoms with Crippen molar-refractivity contribution in [2.75, 3.05) is 0 Å². The van der Waals surface area contributed by atoms with E-state index >= 15 is 0 Å². The van der Waals surface area contributed by atoms with Gasteiger partial charge in [-0.2, -0.15) is 0 Å². The number of fused-ring (bicyclic) bond motifs is 3. The molecule has 0 fully saturated rings. The summed E-state index contributed by atoms with van der Waals surface area (Å²) in [6.07, 6.45) is 0. The van der Waals surface area contributed by atoms with Gasteiger partial charge in [-0.25, -0.2) is 0 Å². The Bertz CT molecular complexity index is 3640. The van der Waals surface area contributed by atoms with Crippen molar-refractivity contribution < 1.29 is 34.6 Å². The summed E-state index contributed by atoms with van der Waals surface area (Å²) in [5, 5.41) is -2.38. The van der Waals surface area contributed by atoms with E-state index < -0.39 is 182 Å². The second-order valence-corrected chi connectivity index (χ2v) is 10.4. The largest absolute Gasteiger partial charge is 0.455 e. The van der Waals surface area contributed by atoms with Crippen LogP contribution in [-0.2, 0) is 0 Å². The molecule has 0 radical (unpaired) electrons. The average Bonchev–Trinajstić information content (AvgIpc) is 3.70. The van der Waals surface area contributed by atoms with E-state index in [1.165, 1.54) is 18.2 Å².